The number of rotatable bonds is 10. The van der Waals surface area contributed by atoms with Crippen LogP contribution in [0, 0.1) is 0 Å². The first-order chi connectivity index (χ1) is 18.9. The summed E-state index contributed by atoms with van der Waals surface area (Å²) in [7, 11) is 1.54. The van der Waals surface area contributed by atoms with Crippen LogP contribution in [0.4, 0.5) is 0 Å². The minimum atomic E-state index is -0.401. The van der Waals surface area contributed by atoms with Crippen LogP contribution in [-0.4, -0.2) is 25.8 Å². The van der Waals surface area contributed by atoms with Gasteiger partial charge in [0.15, 0.2) is 18.1 Å². The molecule has 0 aliphatic heterocycles. The van der Waals surface area contributed by atoms with Crippen LogP contribution in [0.5, 0.6) is 17.2 Å². The van der Waals surface area contributed by atoms with E-state index in [0.29, 0.717) is 41.8 Å². The number of halogens is 4. The Kier molecular flexibility index (Phi) is 10.3. The molecule has 4 rings (SSSR count). The van der Waals surface area contributed by atoms with Crippen molar-refractivity contribution in [3.8, 4) is 28.4 Å². The number of amides is 1. The van der Waals surface area contributed by atoms with Gasteiger partial charge in [0.2, 0.25) is 0 Å². The summed E-state index contributed by atoms with van der Waals surface area (Å²) in [5.74, 6) is 1.15. The maximum Gasteiger partial charge on any atom is 0.277 e. The summed E-state index contributed by atoms with van der Waals surface area (Å²) in [5.41, 5.74) is 6.14. The van der Waals surface area contributed by atoms with Gasteiger partial charge in [-0.1, -0.05) is 71.7 Å². The molecule has 6 nitrogen and oxygen atoms in total. The van der Waals surface area contributed by atoms with E-state index in [4.69, 9.17) is 37.4 Å². The van der Waals surface area contributed by atoms with Crippen molar-refractivity contribution < 1.29 is 19.0 Å². The molecule has 4 aromatic rings. The van der Waals surface area contributed by atoms with Gasteiger partial charge in [-0.25, -0.2) is 5.43 Å². The van der Waals surface area contributed by atoms with Crippen LogP contribution in [-0.2, 0) is 11.4 Å². The van der Waals surface area contributed by atoms with E-state index in [0.717, 1.165) is 16.7 Å². The Bertz CT molecular complexity index is 1480. The van der Waals surface area contributed by atoms with E-state index in [1.807, 2.05) is 60.7 Å². The molecule has 39 heavy (non-hydrogen) atoms. The molecule has 0 aromatic heterocycles. The number of nitrogens with one attached hydrogen (secondary N) is 1. The summed E-state index contributed by atoms with van der Waals surface area (Å²) in [5, 5.41) is 4.97. The Morgan fingerprint density at radius 2 is 1.62 bits per heavy atom. The van der Waals surface area contributed by atoms with Gasteiger partial charge in [-0.15, -0.1) is 0 Å². The largest absolute Gasteiger partial charge is 0.493 e. The Hall–Kier alpha value is -3.04. The van der Waals surface area contributed by atoms with Gasteiger partial charge < -0.3 is 14.2 Å². The number of hydrogen-bond donors (Lipinski definition) is 1. The average molecular weight is 693 g/mol. The molecule has 0 spiro atoms. The van der Waals surface area contributed by atoms with E-state index in [2.05, 4.69) is 42.4 Å². The van der Waals surface area contributed by atoms with Crippen molar-refractivity contribution >= 4 is 67.2 Å². The zero-order valence-corrected chi connectivity index (χ0v) is 25.3. The zero-order valence-electron chi connectivity index (χ0n) is 20.6. The second-order valence-corrected chi connectivity index (χ2v) is 10.5. The Balaban J connectivity index is 1.34. The minimum absolute atomic E-state index is 0.183. The van der Waals surface area contributed by atoms with Crippen molar-refractivity contribution in [2.45, 2.75) is 6.61 Å². The monoisotopic (exact) mass is 690 g/mol. The lowest BCUT2D eigenvalue weighted by molar-refractivity contribution is -0.123. The van der Waals surface area contributed by atoms with E-state index >= 15 is 0 Å². The van der Waals surface area contributed by atoms with Gasteiger partial charge in [0.1, 0.15) is 12.4 Å². The molecule has 0 aliphatic rings. The fourth-order valence-electron chi connectivity index (χ4n) is 3.50. The van der Waals surface area contributed by atoms with Gasteiger partial charge >= 0.3 is 0 Å². The van der Waals surface area contributed by atoms with Crippen LogP contribution in [0.2, 0.25) is 10.0 Å². The molecular formula is C29H22Br2Cl2N2O4. The van der Waals surface area contributed by atoms with E-state index in [-0.39, 0.29) is 13.2 Å². The van der Waals surface area contributed by atoms with Crippen LogP contribution in [0.3, 0.4) is 0 Å². The molecule has 0 unspecified atom stereocenters. The second kappa shape index (κ2) is 13.8. The number of methoxy groups -OCH3 is 1. The summed E-state index contributed by atoms with van der Waals surface area (Å²) >= 11 is 19.2. The Morgan fingerprint density at radius 3 is 2.31 bits per heavy atom. The number of hydrogen-bond acceptors (Lipinski definition) is 5. The van der Waals surface area contributed by atoms with E-state index in [1.54, 1.807) is 18.2 Å². The number of carbonyl (C=O) groups excluding carboxylic acids is 1. The Labute approximate surface area is 253 Å². The molecule has 0 aliphatic carbocycles. The fraction of sp³-hybridized carbons (Fsp3) is 0.103. The van der Waals surface area contributed by atoms with Gasteiger partial charge in [0.05, 0.1) is 27.8 Å². The standard InChI is InChI=1S/C29H22Br2Cl2N2O4/c1-37-25-14-21(27(30)28(31)29(25)39-16-18-7-12-23(32)24(33)13-18)15-34-35-26(36)17-38-22-10-8-20(9-11-22)19-5-3-2-4-6-19/h2-15H,16-17H2,1H3,(H,35,36)/b34-15+. The van der Waals surface area contributed by atoms with Crippen molar-refractivity contribution in [2.24, 2.45) is 5.10 Å². The maximum absolute atomic E-state index is 12.3. The molecule has 4 aromatic carbocycles. The highest BCUT2D eigenvalue weighted by Crippen LogP contribution is 2.42. The summed E-state index contributed by atoms with van der Waals surface area (Å²) in [4.78, 5) is 12.3. The lowest BCUT2D eigenvalue weighted by Gasteiger charge is -2.15. The highest BCUT2D eigenvalue weighted by Gasteiger charge is 2.17. The third-order valence-electron chi connectivity index (χ3n) is 5.47. The summed E-state index contributed by atoms with van der Waals surface area (Å²) in [6.45, 7) is 0.0640. The number of ether oxygens (including phenoxy) is 3. The lowest BCUT2D eigenvalue weighted by atomic mass is 10.1. The quantitative estimate of drug-likeness (QED) is 0.134. The normalized spacial score (nSPS) is 10.9. The zero-order chi connectivity index (χ0) is 27.8. The Morgan fingerprint density at radius 1 is 0.897 bits per heavy atom. The van der Waals surface area contributed by atoms with Crippen molar-refractivity contribution in [2.75, 3.05) is 13.7 Å². The number of hydrazone groups is 1. The van der Waals surface area contributed by atoms with Gasteiger partial charge in [-0.05, 0) is 78.9 Å². The molecule has 10 heteroatoms. The molecule has 0 radical (unpaired) electrons. The molecule has 0 heterocycles. The third-order valence-corrected chi connectivity index (χ3v) is 8.35. The predicted molar refractivity (Wildman–Crippen MR) is 162 cm³/mol. The van der Waals surface area contributed by atoms with Crippen molar-refractivity contribution in [3.63, 3.8) is 0 Å². The summed E-state index contributed by atoms with van der Waals surface area (Å²) in [6.07, 6.45) is 1.49. The van der Waals surface area contributed by atoms with Crippen LogP contribution in [0.1, 0.15) is 11.1 Å². The second-order valence-electron chi connectivity index (χ2n) is 8.13. The molecule has 1 amide bonds. The van der Waals surface area contributed by atoms with Crippen LogP contribution >= 0.6 is 55.1 Å². The van der Waals surface area contributed by atoms with Crippen molar-refractivity contribution in [1.29, 1.82) is 0 Å². The smallest absolute Gasteiger partial charge is 0.277 e. The SMILES string of the molecule is COc1cc(/C=N/NC(=O)COc2ccc(-c3ccccc3)cc2)c(Br)c(Br)c1OCc1ccc(Cl)c(Cl)c1. The molecule has 0 atom stereocenters. The highest BCUT2D eigenvalue weighted by molar-refractivity contribution is 9.13. The molecule has 1 N–H and O–H groups in total. The van der Waals surface area contributed by atoms with Gasteiger partial charge in [-0.3, -0.25) is 4.79 Å². The molecular weight excluding hydrogens is 671 g/mol. The van der Waals surface area contributed by atoms with Crippen LogP contribution < -0.4 is 19.6 Å². The third kappa shape index (κ3) is 7.76. The number of nitrogens with zero attached hydrogens (tertiary/aromatic N) is 1. The first-order valence-corrected chi connectivity index (χ1v) is 13.9. The predicted octanol–water partition coefficient (Wildman–Crippen LogP) is 8.30. The van der Waals surface area contributed by atoms with E-state index in [9.17, 15) is 4.79 Å². The molecule has 200 valence electrons. The molecule has 0 fully saturated rings. The lowest BCUT2D eigenvalue weighted by Crippen LogP contribution is -2.24. The molecule has 0 bridgehead atoms. The summed E-state index contributed by atoms with van der Waals surface area (Å²) < 4.78 is 18.4. The summed E-state index contributed by atoms with van der Waals surface area (Å²) in [6, 6.07) is 24.6. The maximum atomic E-state index is 12.3. The van der Waals surface area contributed by atoms with E-state index < -0.39 is 5.91 Å². The van der Waals surface area contributed by atoms with Crippen molar-refractivity contribution in [1.82, 2.24) is 5.43 Å². The van der Waals surface area contributed by atoms with Gasteiger partial charge in [0, 0.05) is 10.0 Å². The first kappa shape index (κ1) is 29.0. The van der Waals surface area contributed by atoms with Crippen LogP contribution in [0.25, 0.3) is 11.1 Å². The topological polar surface area (TPSA) is 69.2 Å². The average Bonchev–Trinajstić information content (AvgIpc) is 2.96. The van der Waals surface area contributed by atoms with Crippen LogP contribution in [0.15, 0.2) is 92.9 Å². The highest BCUT2D eigenvalue weighted by atomic mass is 79.9. The number of benzene rings is 4. The number of carbonyl (C=O) groups is 1. The minimum Gasteiger partial charge on any atom is -0.493 e. The first-order valence-electron chi connectivity index (χ1n) is 11.6. The van der Waals surface area contributed by atoms with Gasteiger partial charge in [-0.2, -0.15) is 5.10 Å². The van der Waals surface area contributed by atoms with E-state index in [1.165, 1.54) is 13.3 Å². The molecule has 0 saturated carbocycles. The van der Waals surface area contributed by atoms with Crippen molar-refractivity contribution in [3.05, 3.63) is 109 Å². The van der Waals surface area contributed by atoms with Gasteiger partial charge in [0.25, 0.3) is 5.91 Å². The fourth-order valence-corrected chi connectivity index (χ4v) is 4.76. The molecule has 0 saturated heterocycles.